The van der Waals surface area contributed by atoms with Crippen LogP contribution in [0, 0.1) is 6.92 Å². The molecule has 12 heavy (non-hydrogen) atoms. The smallest absolute Gasteiger partial charge is 0.239 e. The van der Waals surface area contributed by atoms with E-state index in [1.807, 2.05) is 0 Å². The molecule has 66 valence electrons. The monoisotopic (exact) mass is 250 g/mol. The van der Waals surface area contributed by atoms with E-state index >= 15 is 0 Å². The van der Waals surface area contributed by atoms with E-state index in [1.54, 1.807) is 6.92 Å². The fraction of sp³-hybridized carbons (Fsp3) is 0.167. The van der Waals surface area contributed by atoms with E-state index in [-0.39, 0.29) is 4.90 Å². The van der Waals surface area contributed by atoms with Crippen LogP contribution in [0.3, 0.4) is 0 Å². The summed E-state index contributed by atoms with van der Waals surface area (Å²) in [7, 11) is -3.65. The summed E-state index contributed by atoms with van der Waals surface area (Å²) >= 11 is 3.11. The van der Waals surface area contributed by atoms with Gasteiger partial charge in [-0.3, -0.25) is 4.98 Å². The highest BCUT2D eigenvalue weighted by atomic mass is 79.9. The zero-order chi connectivity index (χ0) is 9.35. The van der Waals surface area contributed by atoms with Crippen molar-refractivity contribution >= 4 is 26.0 Å². The van der Waals surface area contributed by atoms with Gasteiger partial charge in [0.1, 0.15) is 4.90 Å². The first-order valence-electron chi connectivity index (χ1n) is 3.06. The molecule has 6 heteroatoms. The second-order valence-corrected chi connectivity index (χ2v) is 4.73. The average Bonchev–Trinajstić information content (AvgIpc) is 1.92. The Morgan fingerprint density at radius 1 is 1.58 bits per heavy atom. The van der Waals surface area contributed by atoms with Crippen molar-refractivity contribution in [2.75, 3.05) is 0 Å². The van der Waals surface area contributed by atoms with Crippen LogP contribution >= 0.6 is 15.9 Å². The van der Waals surface area contributed by atoms with E-state index in [9.17, 15) is 8.42 Å². The van der Waals surface area contributed by atoms with Crippen LogP contribution < -0.4 is 5.14 Å². The predicted octanol–water partition coefficient (Wildman–Crippen LogP) is 0.800. The second-order valence-electron chi connectivity index (χ2n) is 2.28. The standard InChI is InChI=1S/C6H7BrN2O2S/c1-4-6(12(8,10)11)2-5(7)3-9-4/h2-3H,1H3,(H2,8,10,11). The molecule has 0 bridgehead atoms. The van der Waals surface area contributed by atoms with Gasteiger partial charge in [0.2, 0.25) is 10.0 Å². The SMILES string of the molecule is Cc1ncc(Br)cc1S(N)(=O)=O. The summed E-state index contributed by atoms with van der Waals surface area (Å²) in [5, 5.41) is 4.94. The number of rotatable bonds is 1. The maximum Gasteiger partial charge on any atom is 0.239 e. The summed E-state index contributed by atoms with van der Waals surface area (Å²) in [6, 6.07) is 1.43. The molecule has 1 rings (SSSR count). The minimum absolute atomic E-state index is 0.0527. The van der Waals surface area contributed by atoms with Crippen LogP contribution in [0.1, 0.15) is 5.69 Å². The maximum atomic E-state index is 10.9. The molecule has 0 spiro atoms. The number of pyridine rings is 1. The Morgan fingerprint density at radius 2 is 2.17 bits per heavy atom. The fourth-order valence-electron chi connectivity index (χ4n) is 0.777. The van der Waals surface area contributed by atoms with Gasteiger partial charge in [0.15, 0.2) is 0 Å². The van der Waals surface area contributed by atoms with Crippen LogP contribution in [0.2, 0.25) is 0 Å². The molecule has 0 unspecified atom stereocenters. The van der Waals surface area contributed by atoms with Crippen molar-refractivity contribution in [1.29, 1.82) is 0 Å². The number of nitrogens with two attached hydrogens (primary N) is 1. The largest absolute Gasteiger partial charge is 0.259 e. The molecule has 0 atom stereocenters. The Balaban J connectivity index is 3.43. The van der Waals surface area contributed by atoms with Crippen LogP contribution in [-0.4, -0.2) is 13.4 Å². The number of aryl methyl sites for hydroxylation is 1. The van der Waals surface area contributed by atoms with Gasteiger partial charge < -0.3 is 0 Å². The lowest BCUT2D eigenvalue weighted by atomic mass is 10.4. The van der Waals surface area contributed by atoms with Crippen molar-refractivity contribution in [2.24, 2.45) is 5.14 Å². The third-order valence-corrected chi connectivity index (χ3v) is 2.77. The van der Waals surface area contributed by atoms with E-state index in [2.05, 4.69) is 20.9 Å². The molecule has 0 aliphatic rings. The summed E-state index contributed by atoms with van der Waals surface area (Å²) < 4.78 is 22.4. The van der Waals surface area contributed by atoms with Gasteiger partial charge >= 0.3 is 0 Å². The van der Waals surface area contributed by atoms with Crippen molar-refractivity contribution in [3.63, 3.8) is 0 Å². The minimum Gasteiger partial charge on any atom is -0.259 e. The van der Waals surface area contributed by atoms with Crippen molar-refractivity contribution in [1.82, 2.24) is 4.98 Å². The highest BCUT2D eigenvalue weighted by molar-refractivity contribution is 9.10. The van der Waals surface area contributed by atoms with Crippen LogP contribution in [0.4, 0.5) is 0 Å². The van der Waals surface area contributed by atoms with Gasteiger partial charge in [-0.2, -0.15) is 0 Å². The molecule has 0 aliphatic heterocycles. The first-order chi connectivity index (χ1) is 5.41. The molecule has 0 radical (unpaired) electrons. The normalized spacial score (nSPS) is 11.6. The highest BCUT2D eigenvalue weighted by Gasteiger charge is 2.12. The fourth-order valence-corrected chi connectivity index (χ4v) is 2.02. The van der Waals surface area contributed by atoms with Crippen molar-refractivity contribution in [3.8, 4) is 0 Å². The molecule has 0 amide bonds. The molecular weight excluding hydrogens is 244 g/mol. The molecule has 0 saturated carbocycles. The maximum absolute atomic E-state index is 10.9. The van der Waals surface area contributed by atoms with Gasteiger partial charge in [-0.15, -0.1) is 0 Å². The van der Waals surface area contributed by atoms with E-state index in [0.29, 0.717) is 10.2 Å². The summed E-state index contributed by atoms with van der Waals surface area (Å²) in [5.41, 5.74) is 0.403. The van der Waals surface area contributed by atoms with Crippen LogP contribution in [-0.2, 0) is 10.0 Å². The van der Waals surface area contributed by atoms with Crippen LogP contribution in [0.25, 0.3) is 0 Å². The highest BCUT2D eigenvalue weighted by Crippen LogP contribution is 2.16. The number of hydrogen-bond donors (Lipinski definition) is 1. The molecule has 0 aliphatic carbocycles. The lowest BCUT2D eigenvalue weighted by Crippen LogP contribution is -2.14. The number of nitrogens with zero attached hydrogens (tertiary/aromatic N) is 1. The summed E-state index contributed by atoms with van der Waals surface area (Å²) in [6.07, 6.45) is 1.52. The van der Waals surface area contributed by atoms with Crippen molar-refractivity contribution in [2.45, 2.75) is 11.8 Å². The molecule has 4 nitrogen and oxygen atoms in total. The molecule has 1 heterocycles. The number of primary sulfonamides is 1. The van der Waals surface area contributed by atoms with E-state index in [4.69, 9.17) is 5.14 Å². The Hall–Kier alpha value is -0.460. The topological polar surface area (TPSA) is 73.0 Å². The molecule has 0 aromatic carbocycles. The molecule has 1 aromatic rings. The first-order valence-corrected chi connectivity index (χ1v) is 5.40. The molecule has 0 saturated heterocycles. The molecule has 2 N–H and O–H groups in total. The zero-order valence-corrected chi connectivity index (χ0v) is 8.68. The summed E-state index contributed by atoms with van der Waals surface area (Å²) in [6.45, 7) is 1.59. The summed E-state index contributed by atoms with van der Waals surface area (Å²) in [5.74, 6) is 0. The minimum atomic E-state index is -3.65. The Bertz CT molecular complexity index is 402. The van der Waals surface area contributed by atoms with Gasteiger partial charge in [0.05, 0.1) is 5.69 Å². The van der Waals surface area contributed by atoms with Crippen LogP contribution in [0.15, 0.2) is 21.6 Å². The number of hydrogen-bond acceptors (Lipinski definition) is 3. The third-order valence-electron chi connectivity index (χ3n) is 1.31. The molecule has 0 fully saturated rings. The van der Waals surface area contributed by atoms with Crippen LogP contribution in [0.5, 0.6) is 0 Å². The van der Waals surface area contributed by atoms with E-state index < -0.39 is 10.0 Å². The second kappa shape index (κ2) is 3.12. The Kier molecular flexibility index (Phi) is 2.50. The lowest BCUT2D eigenvalue weighted by Gasteiger charge is -2.01. The van der Waals surface area contributed by atoms with E-state index in [0.717, 1.165) is 0 Å². The van der Waals surface area contributed by atoms with Crippen molar-refractivity contribution in [3.05, 3.63) is 22.4 Å². The number of aromatic nitrogens is 1. The number of halogens is 1. The zero-order valence-electron chi connectivity index (χ0n) is 6.28. The lowest BCUT2D eigenvalue weighted by molar-refractivity contribution is 0.596. The number of sulfonamides is 1. The molecular formula is C6H7BrN2O2S. The summed E-state index contributed by atoms with van der Waals surface area (Å²) in [4.78, 5) is 3.89. The first kappa shape index (κ1) is 9.63. The van der Waals surface area contributed by atoms with Gasteiger partial charge in [-0.05, 0) is 28.9 Å². The van der Waals surface area contributed by atoms with Gasteiger partial charge in [-0.25, -0.2) is 13.6 Å². The van der Waals surface area contributed by atoms with Gasteiger partial charge in [0, 0.05) is 10.7 Å². The third kappa shape index (κ3) is 2.02. The predicted molar refractivity (Wildman–Crippen MR) is 48.0 cm³/mol. The molecule has 1 aromatic heterocycles. The quantitative estimate of drug-likeness (QED) is 0.802. The Morgan fingerprint density at radius 3 is 2.58 bits per heavy atom. The van der Waals surface area contributed by atoms with Crippen molar-refractivity contribution < 1.29 is 8.42 Å². The average molecular weight is 251 g/mol. The van der Waals surface area contributed by atoms with Gasteiger partial charge in [-0.1, -0.05) is 0 Å². The van der Waals surface area contributed by atoms with E-state index in [1.165, 1.54) is 12.3 Å². The van der Waals surface area contributed by atoms with Gasteiger partial charge in [0.25, 0.3) is 0 Å². The Labute approximate surface area is 79.0 Å².